The second-order valence-electron chi connectivity index (χ2n) is 4.64. The maximum absolute atomic E-state index is 3.43. The van der Waals surface area contributed by atoms with Crippen LogP contribution in [0, 0.1) is 5.92 Å². The lowest BCUT2D eigenvalue weighted by molar-refractivity contribution is 0.515. The molecule has 0 saturated heterocycles. The minimum Gasteiger partial charge on any atom is -0.354 e. The van der Waals surface area contributed by atoms with Crippen molar-refractivity contribution < 1.29 is 0 Å². The van der Waals surface area contributed by atoms with Crippen LogP contribution in [-0.2, 0) is 6.54 Å². The molecule has 1 aromatic heterocycles. The third-order valence-corrected chi connectivity index (χ3v) is 2.75. The molecule has 0 aliphatic carbocycles. The molecule has 0 spiro atoms. The number of nitrogens with one attached hydrogen (secondary N) is 1. The first-order chi connectivity index (χ1) is 7.13. The minimum atomic E-state index is 0.468. The molecule has 0 aliphatic rings. The largest absolute Gasteiger partial charge is 0.354 e. The van der Waals surface area contributed by atoms with Crippen molar-refractivity contribution in [2.75, 3.05) is 6.54 Å². The highest BCUT2D eigenvalue weighted by Crippen LogP contribution is 2.13. The van der Waals surface area contributed by atoms with Gasteiger partial charge in [-0.05, 0) is 37.4 Å². The van der Waals surface area contributed by atoms with Crippen LogP contribution in [-0.4, -0.2) is 11.1 Å². The van der Waals surface area contributed by atoms with Gasteiger partial charge in [-0.3, -0.25) is 0 Å². The van der Waals surface area contributed by atoms with Crippen LogP contribution in [0.5, 0.6) is 0 Å². The molecule has 0 fully saturated rings. The Kier molecular flexibility index (Phi) is 4.89. The Morgan fingerprint density at radius 1 is 1.33 bits per heavy atom. The Morgan fingerprint density at radius 3 is 2.67 bits per heavy atom. The van der Waals surface area contributed by atoms with Crippen molar-refractivity contribution in [1.82, 2.24) is 9.88 Å². The zero-order chi connectivity index (χ0) is 11.3. The molecule has 0 aliphatic heterocycles. The summed E-state index contributed by atoms with van der Waals surface area (Å²) in [5, 5.41) is 3.43. The van der Waals surface area contributed by atoms with Gasteiger partial charge in [0.05, 0.1) is 0 Å². The van der Waals surface area contributed by atoms with Gasteiger partial charge in [-0.25, -0.2) is 0 Å². The first kappa shape index (κ1) is 12.3. The fourth-order valence-electron chi connectivity index (χ4n) is 1.69. The van der Waals surface area contributed by atoms with Crippen molar-refractivity contribution in [2.45, 2.75) is 46.7 Å². The fraction of sp³-hybridized carbons (Fsp3) is 0.692. The number of hydrogen-bond acceptors (Lipinski definition) is 1. The van der Waals surface area contributed by atoms with E-state index in [1.54, 1.807) is 0 Å². The summed E-state index contributed by atoms with van der Waals surface area (Å²) in [6, 6.07) is 2.68. The van der Waals surface area contributed by atoms with Gasteiger partial charge in [0, 0.05) is 25.0 Å². The lowest BCUT2D eigenvalue weighted by Crippen LogP contribution is -2.17. The van der Waals surface area contributed by atoms with Crippen LogP contribution in [0.15, 0.2) is 18.5 Å². The normalized spacial score (nSPS) is 13.4. The molecule has 1 unspecified atom stereocenters. The van der Waals surface area contributed by atoms with Gasteiger partial charge in [0.2, 0.25) is 0 Å². The summed E-state index contributed by atoms with van der Waals surface area (Å²) in [5.41, 5.74) is 1.39. The van der Waals surface area contributed by atoms with Crippen LogP contribution in [0.25, 0.3) is 0 Å². The van der Waals surface area contributed by atoms with Crippen LogP contribution < -0.4 is 5.32 Å². The molecular weight excluding hydrogens is 184 g/mol. The summed E-state index contributed by atoms with van der Waals surface area (Å²) in [6.45, 7) is 11.1. The molecule has 15 heavy (non-hydrogen) atoms. The molecule has 1 heterocycles. The Balaban J connectivity index is 2.48. The van der Waals surface area contributed by atoms with E-state index in [0.717, 1.165) is 19.0 Å². The molecule has 1 rings (SSSR count). The molecule has 0 amide bonds. The number of rotatable bonds is 6. The predicted molar refractivity (Wildman–Crippen MR) is 66.0 cm³/mol. The Hall–Kier alpha value is -0.760. The maximum atomic E-state index is 3.43. The second kappa shape index (κ2) is 5.96. The summed E-state index contributed by atoms with van der Waals surface area (Å²) in [6.07, 6.45) is 5.70. The molecule has 1 N–H and O–H groups in total. The van der Waals surface area contributed by atoms with Gasteiger partial charge in [-0.2, -0.15) is 0 Å². The van der Waals surface area contributed by atoms with Gasteiger partial charge in [-0.1, -0.05) is 20.8 Å². The maximum Gasteiger partial charge on any atom is 0.0306 e. The highest BCUT2D eigenvalue weighted by atomic mass is 15.0. The second-order valence-corrected chi connectivity index (χ2v) is 4.64. The van der Waals surface area contributed by atoms with Gasteiger partial charge in [-0.15, -0.1) is 0 Å². The lowest BCUT2D eigenvalue weighted by Gasteiger charge is -2.10. The number of aryl methyl sites for hydroxylation is 1. The molecule has 86 valence electrons. The SMILES string of the molecule is CCNC(C)c1ccn(CCC(C)C)c1. The first-order valence-electron chi connectivity index (χ1n) is 6.02. The molecular formula is C13H24N2. The lowest BCUT2D eigenvalue weighted by atomic mass is 10.1. The van der Waals surface area contributed by atoms with E-state index in [9.17, 15) is 0 Å². The van der Waals surface area contributed by atoms with E-state index in [4.69, 9.17) is 0 Å². The standard InChI is InChI=1S/C13H24N2/c1-5-14-12(4)13-7-9-15(10-13)8-6-11(2)3/h7,9-12,14H,5-6,8H2,1-4H3. The number of aromatic nitrogens is 1. The average Bonchev–Trinajstić information content (AvgIpc) is 2.63. The van der Waals surface area contributed by atoms with Gasteiger partial charge in [0.15, 0.2) is 0 Å². The molecule has 2 heteroatoms. The third-order valence-electron chi connectivity index (χ3n) is 2.75. The summed E-state index contributed by atoms with van der Waals surface area (Å²) >= 11 is 0. The molecule has 2 nitrogen and oxygen atoms in total. The van der Waals surface area contributed by atoms with E-state index in [2.05, 4.69) is 56.0 Å². The van der Waals surface area contributed by atoms with E-state index in [0.29, 0.717) is 6.04 Å². The quantitative estimate of drug-likeness (QED) is 0.759. The predicted octanol–water partition coefficient (Wildman–Crippen LogP) is 3.20. The Labute approximate surface area is 93.7 Å². The zero-order valence-electron chi connectivity index (χ0n) is 10.5. The van der Waals surface area contributed by atoms with Crippen molar-refractivity contribution >= 4 is 0 Å². The Bertz CT molecular complexity index is 276. The number of nitrogens with zero attached hydrogens (tertiary/aromatic N) is 1. The number of hydrogen-bond donors (Lipinski definition) is 1. The van der Waals surface area contributed by atoms with Crippen molar-refractivity contribution in [3.05, 3.63) is 24.0 Å². The van der Waals surface area contributed by atoms with Crippen molar-refractivity contribution in [3.8, 4) is 0 Å². The van der Waals surface area contributed by atoms with Crippen LogP contribution in [0.1, 0.15) is 45.7 Å². The average molecular weight is 208 g/mol. The van der Waals surface area contributed by atoms with Crippen molar-refractivity contribution in [1.29, 1.82) is 0 Å². The van der Waals surface area contributed by atoms with Crippen LogP contribution in [0.4, 0.5) is 0 Å². The molecule has 0 saturated carbocycles. The van der Waals surface area contributed by atoms with Gasteiger partial charge < -0.3 is 9.88 Å². The monoisotopic (exact) mass is 208 g/mol. The molecule has 0 bridgehead atoms. The van der Waals surface area contributed by atoms with Gasteiger partial charge in [0.25, 0.3) is 0 Å². The van der Waals surface area contributed by atoms with E-state index < -0.39 is 0 Å². The highest BCUT2D eigenvalue weighted by molar-refractivity contribution is 5.14. The third kappa shape index (κ3) is 4.08. The van der Waals surface area contributed by atoms with Crippen molar-refractivity contribution in [3.63, 3.8) is 0 Å². The fourth-order valence-corrected chi connectivity index (χ4v) is 1.69. The van der Waals surface area contributed by atoms with Crippen LogP contribution >= 0.6 is 0 Å². The van der Waals surface area contributed by atoms with E-state index in [1.807, 2.05) is 0 Å². The summed E-state index contributed by atoms with van der Waals surface area (Å²) in [7, 11) is 0. The van der Waals surface area contributed by atoms with E-state index >= 15 is 0 Å². The van der Waals surface area contributed by atoms with Crippen LogP contribution in [0.2, 0.25) is 0 Å². The molecule has 0 aromatic carbocycles. The van der Waals surface area contributed by atoms with Gasteiger partial charge in [0.1, 0.15) is 0 Å². The van der Waals surface area contributed by atoms with E-state index in [1.165, 1.54) is 12.0 Å². The van der Waals surface area contributed by atoms with Crippen LogP contribution in [0.3, 0.4) is 0 Å². The van der Waals surface area contributed by atoms with E-state index in [-0.39, 0.29) is 0 Å². The smallest absolute Gasteiger partial charge is 0.0306 e. The Morgan fingerprint density at radius 2 is 2.07 bits per heavy atom. The summed E-state index contributed by atoms with van der Waals surface area (Å²) in [5.74, 6) is 0.780. The zero-order valence-corrected chi connectivity index (χ0v) is 10.5. The molecule has 1 atom stereocenters. The molecule has 0 radical (unpaired) electrons. The summed E-state index contributed by atoms with van der Waals surface area (Å²) < 4.78 is 2.29. The van der Waals surface area contributed by atoms with Gasteiger partial charge >= 0.3 is 0 Å². The first-order valence-corrected chi connectivity index (χ1v) is 6.02. The molecule has 1 aromatic rings. The minimum absolute atomic E-state index is 0.468. The topological polar surface area (TPSA) is 17.0 Å². The van der Waals surface area contributed by atoms with Crippen molar-refractivity contribution in [2.24, 2.45) is 5.92 Å². The summed E-state index contributed by atoms with van der Waals surface area (Å²) in [4.78, 5) is 0. The highest BCUT2D eigenvalue weighted by Gasteiger charge is 2.05.